The standard InChI is InChI=1S/C13H13Cl3N2O2S/c1-8(2)11-12(21(16,19)20)13(15)18(17-11)7-9-3-5-10(14)6-4-9/h3-6,8H,7H2,1-2H3. The lowest BCUT2D eigenvalue weighted by Crippen LogP contribution is -2.02. The smallest absolute Gasteiger partial charge is 0.248 e. The molecular formula is C13H13Cl3N2O2S. The Labute approximate surface area is 138 Å². The number of benzene rings is 1. The van der Waals surface area contributed by atoms with Gasteiger partial charge in [-0.05, 0) is 23.6 Å². The van der Waals surface area contributed by atoms with Crippen LogP contribution in [0.5, 0.6) is 0 Å². The van der Waals surface area contributed by atoms with Gasteiger partial charge in [-0.3, -0.25) is 0 Å². The monoisotopic (exact) mass is 366 g/mol. The normalized spacial score (nSPS) is 12.1. The lowest BCUT2D eigenvalue weighted by Gasteiger charge is -2.03. The Morgan fingerprint density at radius 2 is 1.76 bits per heavy atom. The van der Waals surface area contributed by atoms with E-state index in [2.05, 4.69) is 5.10 Å². The number of halogens is 3. The maximum absolute atomic E-state index is 11.7. The molecule has 1 heterocycles. The van der Waals surface area contributed by atoms with E-state index in [4.69, 9.17) is 33.9 Å². The zero-order valence-electron chi connectivity index (χ0n) is 11.3. The van der Waals surface area contributed by atoms with Crippen molar-refractivity contribution in [3.05, 3.63) is 45.7 Å². The van der Waals surface area contributed by atoms with Crippen molar-refractivity contribution < 1.29 is 8.42 Å². The van der Waals surface area contributed by atoms with Crippen molar-refractivity contribution in [1.82, 2.24) is 9.78 Å². The van der Waals surface area contributed by atoms with Gasteiger partial charge < -0.3 is 0 Å². The van der Waals surface area contributed by atoms with Gasteiger partial charge in [-0.15, -0.1) is 0 Å². The van der Waals surface area contributed by atoms with Crippen molar-refractivity contribution in [2.24, 2.45) is 0 Å². The van der Waals surface area contributed by atoms with Gasteiger partial charge in [0.2, 0.25) is 0 Å². The Balaban J connectivity index is 2.48. The molecule has 1 aromatic heterocycles. The summed E-state index contributed by atoms with van der Waals surface area (Å²) in [6.07, 6.45) is 0. The predicted molar refractivity (Wildman–Crippen MR) is 84.9 cm³/mol. The molecule has 0 atom stereocenters. The molecule has 8 heteroatoms. The number of hydrogen-bond donors (Lipinski definition) is 0. The molecule has 0 saturated heterocycles. The summed E-state index contributed by atoms with van der Waals surface area (Å²) in [7, 11) is 1.52. The van der Waals surface area contributed by atoms with Crippen LogP contribution < -0.4 is 0 Å². The molecule has 0 bridgehead atoms. The van der Waals surface area contributed by atoms with Crippen LogP contribution in [0.1, 0.15) is 31.0 Å². The molecule has 0 spiro atoms. The fraction of sp³-hybridized carbons (Fsp3) is 0.308. The van der Waals surface area contributed by atoms with E-state index in [1.165, 1.54) is 4.68 Å². The highest BCUT2D eigenvalue weighted by atomic mass is 35.7. The lowest BCUT2D eigenvalue weighted by molar-refractivity contribution is 0.607. The van der Waals surface area contributed by atoms with Crippen LogP contribution in [0.4, 0.5) is 0 Å². The minimum absolute atomic E-state index is 0.0173. The average Bonchev–Trinajstić information content (AvgIpc) is 2.70. The molecule has 1 aromatic carbocycles. The molecule has 114 valence electrons. The zero-order valence-corrected chi connectivity index (χ0v) is 14.4. The van der Waals surface area contributed by atoms with E-state index in [1.807, 2.05) is 26.0 Å². The fourth-order valence-electron chi connectivity index (χ4n) is 1.91. The van der Waals surface area contributed by atoms with Gasteiger partial charge in [-0.25, -0.2) is 13.1 Å². The second-order valence-corrected chi connectivity index (χ2v) is 8.18. The van der Waals surface area contributed by atoms with Crippen LogP contribution in [0.3, 0.4) is 0 Å². The molecule has 0 saturated carbocycles. The molecule has 0 radical (unpaired) electrons. The molecule has 21 heavy (non-hydrogen) atoms. The number of hydrogen-bond acceptors (Lipinski definition) is 3. The van der Waals surface area contributed by atoms with Crippen molar-refractivity contribution in [1.29, 1.82) is 0 Å². The zero-order chi connectivity index (χ0) is 15.8. The van der Waals surface area contributed by atoms with Crippen molar-refractivity contribution in [2.45, 2.75) is 31.2 Å². The SMILES string of the molecule is CC(C)c1nn(Cc2ccc(Cl)cc2)c(Cl)c1S(=O)(=O)Cl. The van der Waals surface area contributed by atoms with Gasteiger partial charge in [0, 0.05) is 15.7 Å². The highest BCUT2D eigenvalue weighted by molar-refractivity contribution is 8.13. The van der Waals surface area contributed by atoms with Crippen LogP contribution >= 0.6 is 33.9 Å². The molecule has 2 rings (SSSR count). The second kappa shape index (κ2) is 6.16. The summed E-state index contributed by atoms with van der Waals surface area (Å²) in [6, 6.07) is 7.14. The van der Waals surface area contributed by atoms with E-state index in [1.54, 1.807) is 12.1 Å². The summed E-state index contributed by atoms with van der Waals surface area (Å²) in [5.41, 5.74) is 1.27. The maximum atomic E-state index is 11.7. The van der Waals surface area contributed by atoms with E-state index < -0.39 is 9.05 Å². The van der Waals surface area contributed by atoms with Crippen molar-refractivity contribution in [3.63, 3.8) is 0 Å². The van der Waals surface area contributed by atoms with E-state index in [0.717, 1.165) is 5.56 Å². The van der Waals surface area contributed by atoms with Crippen LogP contribution in [0.2, 0.25) is 10.2 Å². The third-order valence-corrected chi connectivity index (χ3v) is 5.01. The molecule has 0 amide bonds. The van der Waals surface area contributed by atoms with E-state index in [9.17, 15) is 8.42 Å². The highest BCUT2D eigenvalue weighted by Crippen LogP contribution is 2.32. The van der Waals surface area contributed by atoms with Crippen molar-refractivity contribution in [3.8, 4) is 0 Å². The van der Waals surface area contributed by atoms with E-state index in [0.29, 0.717) is 17.3 Å². The number of rotatable bonds is 4. The first-order valence-electron chi connectivity index (χ1n) is 6.15. The van der Waals surface area contributed by atoms with Gasteiger partial charge >= 0.3 is 0 Å². The highest BCUT2D eigenvalue weighted by Gasteiger charge is 2.27. The maximum Gasteiger partial charge on any atom is 0.266 e. The van der Waals surface area contributed by atoms with Gasteiger partial charge in [-0.1, -0.05) is 49.2 Å². The predicted octanol–water partition coefficient (Wildman–Crippen LogP) is 4.29. The number of nitrogens with zero attached hydrogens (tertiary/aromatic N) is 2. The lowest BCUT2D eigenvalue weighted by atomic mass is 10.1. The topological polar surface area (TPSA) is 52.0 Å². The minimum Gasteiger partial charge on any atom is -0.248 e. The summed E-state index contributed by atoms with van der Waals surface area (Å²) < 4.78 is 24.8. The fourth-order valence-corrected chi connectivity index (χ4v) is 3.95. The van der Waals surface area contributed by atoms with Crippen molar-refractivity contribution >= 4 is 42.9 Å². The summed E-state index contributed by atoms with van der Waals surface area (Å²) in [6.45, 7) is 4.00. The Morgan fingerprint density at radius 3 is 2.19 bits per heavy atom. The van der Waals surface area contributed by atoms with Gasteiger partial charge in [0.15, 0.2) is 0 Å². The third kappa shape index (κ3) is 3.72. The first-order chi connectivity index (χ1) is 9.70. The second-order valence-electron chi connectivity index (χ2n) is 4.88. The minimum atomic E-state index is -3.95. The van der Waals surface area contributed by atoms with Gasteiger partial charge in [0.05, 0.1) is 12.2 Å². The molecule has 0 unspecified atom stereocenters. The Bertz CT molecular complexity index is 752. The largest absolute Gasteiger partial charge is 0.266 e. The molecule has 0 aliphatic carbocycles. The molecular weight excluding hydrogens is 355 g/mol. The molecule has 2 aromatic rings. The van der Waals surface area contributed by atoms with Crippen LogP contribution in [0.25, 0.3) is 0 Å². The van der Waals surface area contributed by atoms with E-state index in [-0.39, 0.29) is 16.0 Å². The molecule has 4 nitrogen and oxygen atoms in total. The van der Waals surface area contributed by atoms with Crippen molar-refractivity contribution in [2.75, 3.05) is 0 Å². The van der Waals surface area contributed by atoms with Crippen LogP contribution in [-0.4, -0.2) is 18.2 Å². The number of aromatic nitrogens is 2. The third-order valence-electron chi connectivity index (χ3n) is 2.91. The van der Waals surface area contributed by atoms with Gasteiger partial charge in [-0.2, -0.15) is 5.10 Å². The summed E-state index contributed by atoms with van der Waals surface area (Å²) >= 11 is 12.0. The van der Waals surface area contributed by atoms with Gasteiger partial charge in [0.1, 0.15) is 10.0 Å². The molecule has 0 aliphatic rings. The van der Waals surface area contributed by atoms with Crippen LogP contribution in [0, 0.1) is 0 Å². The van der Waals surface area contributed by atoms with E-state index >= 15 is 0 Å². The molecule has 0 aliphatic heterocycles. The first-order valence-corrected chi connectivity index (χ1v) is 9.22. The summed E-state index contributed by atoms with van der Waals surface area (Å²) in [5.74, 6) is -0.113. The molecule has 0 fully saturated rings. The Hall–Kier alpha value is -0.750. The first kappa shape index (κ1) is 16.6. The molecule has 0 N–H and O–H groups in total. The Kier molecular flexibility index (Phi) is 4.88. The average molecular weight is 368 g/mol. The van der Waals surface area contributed by atoms with Crippen LogP contribution in [0.15, 0.2) is 29.2 Å². The summed E-state index contributed by atoms with van der Waals surface area (Å²) in [4.78, 5) is -0.116. The van der Waals surface area contributed by atoms with Crippen LogP contribution in [-0.2, 0) is 15.6 Å². The quantitative estimate of drug-likeness (QED) is 0.757. The summed E-state index contributed by atoms with van der Waals surface area (Å²) in [5, 5.41) is 4.92. The Morgan fingerprint density at radius 1 is 1.19 bits per heavy atom. The van der Waals surface area contributed by atoms with Gasteiger partial charge in [0.25, 0.3) is 9.05 Å².